The summed E-state index contributed by atoms with van der Waals surface area (Å²) in [4.78, 5) is 14.6. The Bertz CT molecular complexity index is 760. The van der Waals surface area contributed by atoms with Crippen molar-refractivity contribution >= 4 is 5.91 Å². The molecule has 0 saturated carbocycles. The quantitative estimate of drug-likeness (QED) is 0.879. The monoisotopic (exact) mass is 357 g/mol. The zero-order chi connectivity index (χ0) is 18.5. The zero-order valence-corrected chi connectivity index (χ0v) is 15.0. The van der Waals surface area contributed by atoms with Crippen molar-refractivity contribution in [2.24, 2.45) is 5.92 Å². The van der Waals surface area contributed by atoms with Gasteiger partial charge in [-0.1, -0.05) is 18.2 Å². The van der Waals surface area contributed by atoms with E-state index in [1.165, 1.54) is 19.2 Å². The van der Waals surface area contributed by atoms with Crippen molar-refractivity contribution in [2.75, 3.05) is 20.2 Å². The minimum absolute atomic E-state index is 0.103. The molecule has 26 heavy (non-hydrogen) atoms. The standard InChI is InChI=1S/C21H24FNO3/c1-26-19-6-2-5-18(20(19)24)21(25)23-13-3-4-16(14-23)8-7-15-9-11-17(22)12-10-15/h2,5-6,9-12,16,24H,3-4,7-8,13-14H2,1H3/t16-/m1/s1. The third kappa shape index (κ3) is 4.15. The van der Waals surface area contributed by atoms with E-state index in [4.69, 9.17) is 4.74 Å². The number of hydrogen-bond donors (Lipinski definition) is 1. The molecular formula is C21H24FNO3. The largest absolute Gasteiger partial charge is 0.504 e. The molecule has 0 aliphatic carbocycles. The maximum Gasteiger partial charge on any atom is 0.257 e. The smallest absolute Gasteiger partial charge is 0.257 e. The van der Waals surface area contributed by atoms with Gasteiger partial charge in [0.2, 0.25) is 0 Å². The van der Waals surface area contributed by atoms with Gasteiger partial charge in [0.05, 0.1) is 12.7 Å². The van der Waals surface area contributed by atoms with E-state index in [-0.39, 0.29) is 23.0 Å². The van der Waals surface area contributed by atoms with Crippen LogP contribution in [0, 0.1) is 11.7 Å². The molecule has 4 nitrogen and oxygen atoms in total. The molecule has 138 valence electrons. The van der Waals surface area contributed by atoms with Gasteiger partial charge >= 0.3 is 0 Å². The van der Waals surface area contributed by atoms with Gasteiger partial charge in [-0.25, -0.2) is 4.39 Å². The van der Waals surface area contributed by atoms with Gasteiger partial charge in [-0.15, -0.1) is 0 Å². The number of phenols is 1. The van der Waals surface area contributed by atoms with Crippen molar-refractivity contribution in [3.05, 3.63) is 59.4 Å². The predicted molar refractivity (Wildman–Crippen MR) is 98.0 cm³/mol. The number of nitrogens with zero attached hydrogens (tertiary/aromatic N) is 1. The molecule has 0 spiro atoms. The molecule has 2 aromatic rings. The van der Waals surface area contributed by atoms with Crippen LogP contribution in [-0.4, -0.2) is 36.1 Å². The lowest BCUT2D eigenvalue weighted by Gasteiger charge is -2.33. The Morgan fingerprint density at radius 3 is 2.77 bits per heavy atom. The fourth-order valence-electron chi connectivity index (χ4n) is 3.54. The molecule has 1 N–H and O–H groups in total. The first-order valence-corrected chi connectivity index (χ1v) is 8.98. The summed E-state index contributed by atoms with van der Waals surface area (Å²) < 4.78 is 18.1. The van der Waals surface area contributed by atoms with E-state index >= 15 is 0 Å². The van der Waals surface area contributed by atoms with E-state index in [0.717, 1.165) is 31.2 Å². The van der Waals surface area contributed by atoms with Crippen LogP contribution in [0.3, 0.4) is 0 Å². The van der Waals surface area contributed by atoms with Gasteiger partial charge < -0.3 is 14.7 Å². The van der Waals surface area contributed by atoms with Crippen molar-refractivity contribution < 1.29 is 19.0 Å². The fourth-order valence-corrected chi connectivity index (χ4v) is 3.54. The van der Waals surface area contributed by atoms with E-state index in [1.807, 2.05) is 17.0 Å². The third-order valence-corrected chi connectivity index (χ3v) is 5.01. The van der Waals surface area contributed by atoms with Crippen molar-refractivity contribution in [3.63, 3.8) is 0 Å². The summed E-state index contributed by atoms with van der Waals surface area (Å²) in [5.41, 5.74) is 1.39. The Morgan fingerprint density at radius 1 is 1.27 bits per heavy atom. The number of amides is 1. The Balaban J connectivity index is 1.62. The van der Waals surface area contributed by atoms with Gasteiger partial charge in [0.25, 0.3) is 5.91 Å². The highest BCUT2D eigenvalue weighted by Crippen LogP contribution is 2.31. The van der Waals surface area contributed by atoms with Crippen molar-refractivity contribution in [1.29, 1.82) is 0 Å². The molecule has 3 rings (SSSR count). The molecule has 2 aromatic carbocycles. The first-order valence-electron chi connectivity index (χ1n) is 8.98. The highest BCUT2D eigenvalue weighted by Gasteiger charge is 2.26. The lowest BCUT2D eigenvalue weighted by atomic mass is 9.91. The number of piperidine rings is 1. The van der Waals surface area contributed by atoms with Crippen LogP contribution in [0.5, 0.6) is 11.5 Å². The molecule has 1 aliphatic heterocycles. The number of para-hydroxylation sites is 1. The van der Waals surface area contributed by atoms with Crippen LogP contribution >= 0.6 is 0 Å². The van der Waals surface area contributed by atoms with Crippen molar-refractivity contribution in [2.45, 2.75) is 25.7 Å². The molecule has 5 heteroatoms. The van der Waals surface area contributed by atoms with Gasteiger partial charge in [-0.2, -0.15) is 0 Å². The number of aryl methyl sites for hydroxylation is 1. The molecule has 1 fully saturated rings. The Hall–Kier alpha value is -2.56. The fraction of sp³-hybridized carbons (Fsp3) is 0.381. The Kier molecular flexibility index (Phi) is 5.76. The molecule has 1 amide bonds. The molecule has 1 saturated heterocycles. The van der Waals surface area contributed by atoms with Crippen molar-refractivity contribution in [3.8, 4) is 11.5 Å². The second kappa shape index (κ2) is 8.21. The molecule has 0 unspecified atom stereocenters. The number of rotatable bonds is 5. The van der Waals surface area contributed by atoms with Crippen LogP contribution in [0.15, 0.2) is 42.5 Å². The summed E-state index contributed by atoms with van der Waals surface area (Å²) >= 11 is 0. The summed E-state index contributed by atoms with van der Waals surface area (Å²) in [6.45, 7) is 1.37. The van der Waals surface area contributed by atoms with E-state index < -0.39 is 0 Å². The van der Waals surface area contributed by atoms with E-state index in [9.17, 15) is 14.3 Å². The number of halogens is 1. The first kappa shape index (κ1) is 18.2. The number of aromatic hydroxyl groups is 1. The average Bonchev–Trinajstić information content (AvgIpc) is 2.67. The van der Waals surface area contributed by atoms with Crippen LogP contribution in [-0.2, 0) is 6.42 Å². The number of ether oxygens (including phenoxy) is 1. The SMILES string of the molecule is COc1cccc(C(=O)N2CCC[C@H](CCc3ccc(F)cc3)C2)c1O. The first-order chi connectivity index (χ1) is 12.6. The average molecular weight is 357 g/mol. The molecule has 0 bridgehead atoms. The number of methoxy groups -OCH3 is 1. The van der Waals surface area contributed by atoms with E-state index in [0.29, 0.717) is 24.8 Å². The normalized spacial score (nSPS) is 17.2. The Morgan fingerprint density at radius 2 is 2.04 bits per heavy atom. The molecular weight excluding hydrogens is 333 g/mol. The van der Waals surface area contributed by atoms with Gasteiger partial charge in [0.1, 0.15) is 5.82 Å². The van der Waals surface area contributed by atoms with E-state index in [2.05, 4.69) is 0 Å². The van der Waals surface area contributed by atoms with E-state index in [1.54, 1.807) is 18.2 Å². The van der Waals surface area contributed by atoms with Gasteiger partial charge in [0.15, 0.2) is 11.5 Å². The van der Waals surface area contributed by atoms with Crippen LogP contribution in [0.25, 0.3) is 0 Å². The van der Waals surface area contributed by atoms with Crippen molar-refractivity contribution in [1.82, 2.24) is 4.90 Å². The summed E-state index contributed by atoms with van der Waals surface area (Å²) in [6.07, 6.45) is 3.86. The summed E-state index contributed by atoms with van der Waals surface area (Å²) in [7, 11) is 1.47. The Labute approximate surface area is 153 Å². The maximum absolute atomic E-state index is 13.0. The minimum Gasteiger partial charge on any atom is -0.504 e. The topological polar surface area (TPSA) is 49.8 Å². The number of hydrogen-bond acceptors (Lipinski definition) is 3. The minimum atomic E-state index is -0.221. The second-order valence-electron chi connectivity index (χ2n) is 6.78. The molecule has 0 aromatic heterocycles. The van der Waals surface area contributed by atoms with Crippen LogP contribution in [0.4, 0.5) is 4.39 Å². The summed E-state index contributed by atoms with van der Waals surface area (Å²) in [5, 5.41) is 10.2. The van der Waals surface area contributed by atoms with Crippen LogP contribution in [0.1, 0.15) is 35.2 Å². The van der Waals surface area contributed by atoms with Crippen LogP contribution < -0.4 is 4.74 Å². The van der Waals surface area contributed by atoms with Gasteiger partial charge in [0, 0.05) is 13.1 Å². The highest BCUT2D eigenvalue weighted by atomic mass is 19.1. The van der Waals surface area contributed by atoms with Gasteiger partial charge in [-0.05, 0) is 61.4 Å². The number of carbonyl (C=O) groups is 1. The van der Waals surface area contributed by atoms with Gasteiger partial charge in [-0.3, -0.25) is 4.79 Å². The second-order valence-corrected chi connectivity index (χ2v) is 6.78. The zero-order valence-electron chi connectivity index (χ0n) is 15.0. The highest BCUT2D eigenvalue weighted by molar-refractivity contribution is 5.97. The number of carbonyl (C=O) groups excluding carboxylic acids is 1. The lowest BCUT2D eigenvalue weighted by Crippen LogP contribution is -2.40. The molecule has 1 aliphatic rings. The number of benzene rings is 2. The molecule has 1 heterocycles. The summed E-state index contributed by atoms with van der Waals surface area (Å²) in [5.74, 6) is 0.230. The number of likely N-dealkylation sites (tertiary alicyclic amines) is 1. The lowest BCUT2D eigenvalue weighted by molar-refractivity contribution is 0.0664. The predicted octanol–water partition coefficient (Wildman–Crippen LogP) is 4.02. The van der Waals surface area contributed by atoms with Crippen LogP contribution in [0.2, 0.25) is 0 Å². The maximum atomic E-state index is 13.0. The number of phenolic OH excluding ortho intramolecular Hbond substituents is 1. The third-order valence-electron chi connectivity index (χ3n) is 5.01. The molecule has 0 radical (unpaired) electrons. The summed E-state index contributed by atoms with van der Waals surface area (Å²) in [6, 6.07) is 11.6. The molecule has 1 atom stereocenters.